The van der Waals surface area contributed by atoms with E-state index in [9.17, 15) is 9.59 Å². The summed E-state index contributed by atoms with van der Waals surface area (Å²) in [4.78, 5) is 25.0. The van der Waals surface area contributed by atoms with Gasteiger partial charge in [-0.2, -0.15) is 0 Å². The molecule has 6 atom stereocenters. The van der Waals surface area contributed by atoms with Crippen LogP contribution in [0.3, 0.4) is 0 Å². The van der Waals surface area contributed by atoms with Crippen molar-refractivity contribution in [2.45, 2.75) is 92.8 Å². The van der Waals surface area contributed by atoms with Gasteiger partial charge in [-0.25, -0.2) is 0 Å². The zero-order valence-electron chi connectivity index (χ0n) is 17.3. The molecule has 0 aromatic heterocycles. The highest BCUT2D eigenvalue weighted by atomic mass is 35.5. The molecule has 5 rings (SSSR count). The van der Waals surface area contributed by atoms with Gasteiger partial charge in [0, 0.05) is 23.7 Å². The molecule has 0 spiro atoms. The van der Waals surface area contributed by atoms with Crippen LogP contribution in [-0.4, -0.2) is 58.9 Å². The Morgan fingerprint density at radius 3 is 2.38 bits per heavy atom. The molecule has 4 aliphatic carbocycles. The van der Waals surface area contributed by atoms with Crippen LogP contribution in [0, 0.1) is 11.8 Å². The van der Waals surface area contributed by atoms with Crippen molar-refractivity contribution in [1.29, 1.82) is 0 Å². The molecule has 1 aliphatic heterocycles. The summed E-state index contributed by atoms with van der Waals surface area (Å²) in [6.45, 7) is 5.18. The molecule has 5 fully saturated rings. The Kier molecular flexibility index (Phi) is 6.11. The average Bonchev–Trinajstić information content (AvgIpc) is 2.62. The van der Waals surface area contributed by atoms with E-state index in [2.05, 4.69) is 29.8 Å². The first-order valence-electron chi connectivity index (χ1n) is 11.0. The molecule has 2 amide bonds. The number of nitrogens with one attached hydrogen (secondary N) is 3. The molecule has 5 aliphatic rings. The lowest BCUT2D eigenvalue weighted by molar-refractivity contribution is -0.155. The van der Waals surface area contributed by atoms with Crippen LogP contribution >= 0.6 is 23.2 Å². The van der Waals surface area contributed by atoms with E-state index >= 15 is 0 Å². The van der Waals surface area contributed by atoms with E-state index in [1.54, 1.807) is 0 Å². The van der Waals surface area contributed by atoms with Crippen molar-refractivity contribution in [2.24, 2.45) is 11.8 Å². The van der Waals surface area contributed by atoms with Crippen LogP contribution in [0.25, 0.3) is 0 Å². The predicted octanol–water partition coefficient (Wildman–Crippen LogP) is 2.31. The number of alkyl halides is 2. The van der Waals surface area contributed by atoms with Gasteiger partial charge in [-0.15, -0.1) is 23.2 Å². The quantitative estimate of drug-likeness (QED) is 0.548. The number of carbonyl (C=O) groups excluding carboxylic acids is 2. The Morgan fingerprint density at radius 1 is 1.03 bits per heavy atom. The number of hydrogen-bond donors (Lipinski definition) is 3. The van der Waals surface area contributed by atoms with E-state index in [0.29, 0.717) is 18.4 Å². The third-order valence-corrected chi connectivity index (χ3v) is 8.62. The molecule has 6 unspecified atom stereocenters. The summed E-state index contributed by atoms with van der Waals surface area (Å²) in [6, 6.07) is 0.468. The molecule has 8 heteroatoms. The summed E-state index contributed by atoms with van der Waals surface area (Å²) in [7, 11) is 0. The van der Waals surface area contributed by atoms with Crippen molar-refractivity contribution in [1.82, 2.24) is 16.0 Å². The summed E-state index contributed by atoms with van der Waals surface area (Å²) >= 11 is 12.3. The summed E-state index contributed by atoms with van der Waals surface area (Å²) in [5.41, 5.74) is -0.259. The largest absolute Gasteiger partial charge is 0.368 e. The fraction of sp³-hybridized carbons (Fsp3) is 0.905. The molecule has 0 aromatic rings. The number of ether oxygens (including phenoxy) is 1. The van der Waals surface area contributed by atoms with Gasteiger partial charge in [0.2, 0.25) is 11.8 Å². The molecule has 6 nitrogen and oxygen atoms in total. The molecule has 3 N–H and O–H groups in total. The average molecular weight is 446 g/mol. The second kappa shape index (κ2) is 8.18. The van der Waals surface area contributed by atoms with Gasteiger partial charge in [0.05, 0.1) is 22.8 Å². The Morgan fingerprint density at radius 2 is 1.72 bits per heavy atom. The summed E-state index contributed by atoms with van der Waals surface area (Å²) < 4.78 is 5.75. The smallest absolute Gasteiger partial charge is 0.246 e. The second-order valence-corrected chi connectivity index (χ2v) is 11.1. The molecule has 29 heavy (non-hydrogen) atoms. The van der Waals surface area contributed by atoms with E-state index in [1.807, 2.05) is 0 Å². The number of carbonyl (C=O) groups is 2. The van der Waals surface area contributed by atoms with Gasteiger partial charge in [0.15, 0.2) is 0 Å². The monoisotopic (exact) mass is 445 g/mol. The minimum atomic E-state index is -0.150. The fourth-order valence-corrected chi connectivity index (χ4v) is 6.15. The lowest BCUT2D eigenvalue weighted by atomic mass is 9.44. The van der Waals surface area contributed by atoms with Gasteiger partial charge in [0.25, 0.3) is 0 Å². The minimum Gasteiger partial charge on any atom is -0.368 e. The van der Waals surface area contributed by atoms with E-state index in [1.165, 1.54) is 0 Å². The van der Waals surface area contributed by atoms with E-state index in [-0.39, 0.29) is 52.3 Å². The highest BCUT2D eigenvalue weighted by Crippen LogP contribution is 2.60. The summed E-state index contributed by atoms with van der Waals surface area (Å²) in [5, 5.41) is 9.72. The SMILES string of the molecule is CC1CC(C(=O)NC23CC(NC(=O)COC4CCC(Cl)C(Cl)C4)(C2)C3)CNC1C. The lowest BCUT2D eigenvalue weighted by Crippen LogP contribution is -2.84. The lowest BCUT2D eigenvalue weighted by Gasteiger charge is -2.70. The van der Waals surface area contributed by atoms with Crippen LogP contribution in [0.4, 0.5) is 0 Å². The third kappa shape index (κ3) is 4.56. The fourth-order valence-electron chi connectivity index (χ4n) is 5.60. The van der Waals surface area contributed by atoms with Crippen LogP contribution in [0.1, 0.15) is 58.8 Å². The van der Waals surface area contributed by atoms with Crippen molar-refractivity contribution < 1.29 is 14.3 Å². The number of piperidine rings is 1. The molecule has 2 bridgehead atoms. The van der Waals surface area contributed by atoms with Crippen molar-refractivity contribution in [3.63, 3.8) is 0 Å². The molecule has 4 saturated carbocycles. The molecular weight excluding hydrogens is 413 g/mol. The summed E-state index contributed by atoms with van der Waals surface area (Å²) in [5.74, 6) is 0.627. The Bertz CT molecular complexity index is 641. The Labute approximate surface area is 183 Å². The van der Waals surface area contributed by atoms with Gasteiger partial charge in [-0.3, -0.25) is 9.59 Å². The maximum Gasteiger partial charge on any atom is 0.246 e. The van der Waals surface area contributed by atoms with E-state index in [0.717, 1.165) is 45.1 Å². The summed E-state index contributed by atoms with van der Waals surface area (Å²) in [6.07, 6.45) is 5.77. The van der Waals surface area contributed by atoms with Gasteiger partial charge in [-0.05, 0) is 57.8 Å². The van der Waals surface area contributed by atoms with Crippen LogP contribution in [-0.2, 0) is 14.3 Å². The highest BCUT2D eigenvalue weighted by Gasteiger charge is 2.69. The minimum absolute atomic E-state index is 0.00567. The zero-order valence-corrected chi connectivity index (χ0v) is 18.8. The molecule has 0 aromatic carbocycles. The normalized spacial score (nSPS) is 46.2. The van der Waals surface area contributed by atoms with E-state index in [4.69, 9.17) is 27.9 Å². The first-order valence-corrected chi connectivity index (χ1v) is 11.8. The second-order valence-electron chi connectivity index (χ2n) is 10.0. The molecule has 1 heterocycles. The predicted molar refractivity (Wildman–Crippen MR) is 113 cm³/mol. The number of rotatable bonds is 6. The maximum atomic E-state index is 12.7. The van der Waals surface area contributed by atoms with Crippen LogP contribution < -0.4 is 16.0 Å². The number of halogens is 2. The number of hydrogen-bond acceptors (Lipinski definition) is 4. The highest BCUT2D eigenvalue weighted by molar-refractivity contribution is 6.30. The third-order valence-electron chi connectivity index (χ3n) is 7.49. The van der Waals surface area contributed by atoms with E-state index < -0.39 is 0 Å². The van der Waals surface area contributed by atoms with Crippen LogP contribution in [0.5, 0.6) is 0 Å². The van der Waals surface area contributed by atoms with Crippen LogP contribution in [0.2, 0.25) is 0 Å². The van der Waals surface area contributed by atoms with Crippen molar-refractivity contribution in [3.05, 3.63) is 0 Å². The topological polar surface area (TPSA) is 79.5 Å². The molecule has 1 saturated heterocycles. The van der Waals surface area contributed by atoms with Gasteiger partial charge in [-0.1, -0.05) is 6.92 Å². The van der Waals surface area contributed by atoms with Gasteiger partial charge in [0.1, 0.15) is 6.61 Å². The van der Waals surface area contributed by atoms with Gasteiger partial charge < -0.3 is 20.7 Å². The van der Waals surface area contributed by atoms with Gasteiger partial charge >= 0.3 is 0 Å². The first-order chi connectivity index (χ1) is 13.7. The zero-order chi connectivity index (χ0) is 20.8. The first kappa shape index (κ1) is 21.7. The standard InChI is InChI=1S/C21H33Cl2N3O3/c1-12-5-14(7-24-13(12)2)19(28)26-21-9-20(10-21,11-21)25-18(27)8-29-15-3-4-16(22)17(23)6-15/h12-17,24H,3-11H2,1-2H3,(H,25,27)(H,26,28). The van der Waals surface area contributed by atoms with Crippen molar-refractivity contribution in [2.75, 3.05) is 13.2 Å². The Balaban J connectivity index is 1.16. The maximum absolute atomic E-state index is 12.7. The molecule has 164 valence electrons. The van der Waals surface area contributed by atoms with Crippen molar-refractivity contribution >= 4 is 35.0 Å². The molecular formula is C21H33Cl2N3O3. The Hall–Kier alpha value is -0.560. The van der Waals surface area contributed by atoms with Crippen LogP contribution in [0.15, 0.2) is 0 Å². The number of amides is 2. The van der Waals surface area contributed by atoms with Crippen molar-refractivity contribution in [3.8, 4) is 0 Å². The molecule has 0 radical (unpaired) electrons.